The molecule has 1 fully saturated rings. The monoisotopic (exact) mass is 378 g/mol. The fourth-order valence-electron chi connectivity index (χ4n) is 2.55. The Hall–Kier alpha value is -2.02. The summed E-state index contributed by atoms with van der Waals surface area (Å²) in [6.07, 6.45) is -5.47. The number of hydrogen-bond donors (Lipinski definition) is 2. The third-order valence-electron chi connectivity index (χ3n) is 3.76. The van der Waals surface area contributed by atoms with E-state index in [-0.39, 0.29) is 30.6 Å². The molecule has 0 bridgehead atoms. The van der Waals surface area contributed by atoms with Gasteiger partial charge in [-0.05, 0) is 17.7 Å². The van der Waals surface area contributed by atoms with Crippen LogP contribution >= 0.6 is 0 Å². The van der Waals surface area contributed by atoms with Gasteiger partial charge in [-0.3, -0.25) is 4.79 Å². The molecule has 3 rings (SSSR count). The molecule has 25 heavy (non-hydrogen) atoms. The predicted molar refractivity (Wildman–Crippen MR) is 80.7 cm³/mol. The zero-order valence-electron chi connectivity index (χ0n) is 12.6. The maximum Gasteiger partial charge on any atom is 0.449 e. The minimum absolute atomic E-state index is 0.0539. The number of nitrogens with one attached hydrogen (secondary N) is 1. The Morgan fingerprint density at radius 3 is 2.72 bits per heavy atom. The number of benzene rings is 1. The van der Waals surface area contributed by atoms with Gasteiger partial charge in [-0.1, -0.05) is 6.07 Å². The van der Waals surface area contributed by atoms with Crippen LogP contribution in [0.3, 0.4) is 0 Å². The molecule has 136 valence electrons. The molecule has 8 nitrogen and oxygen atoms in total. The zero-order valence-corrected chi connectivity index (χ0v) is 13.4. The van der Waals surface area contributed by atoms with Crippen molar-refractivity contribution < 1.29 is 26.3 Å². The van der Waals surface area contributed by atoms with Gasteiger partial charge in [-0.15, -0.1) is 0 Å². The maximum atomic E-state index is 12.7. The summed E-state index contributed by atoms with van der Waals surface area (Å²) < 4.78 is 67.5. The lowest BCUT2D eigenvalue weighted by atomic mass is 10.1. The van der Waals surface area contributed by atoms with Crippen LogP contribution in [0, 0.1) is 0 Å². The summed E-state index contributed by atoms with van der Waals surface area (Å²) in [4.78, 5) is 17.0. The normalized spacial score (nSPS) is 20.1. The summed E-state index contributed by atoms with van der Waals surface area (Å²) in [5.74, 6) is -1.38. The second-order valence-corrected chi connectivity index (χ2v) is 7.00. The molecule has 3 N–H and O–H groups in total. The number of aromatic nitrogens is 2. The average molecular weight is 378 g/mol. The third kappa shape index (κ3) is 3.66. The molecule has 1 saturated heterocycles. The number of H-pyrrole nitrogens is 1. The van der Waals surface area contributed by atoms with Crippen molar-refractivity contribution in [3.8, 4) is 0 Å². The smallest absolute Gasteiger partial charge is 0.371 e. The van der Waals surface area contributed by atoms with Crippen LogP contribution in [-0.2, 0) is 21.1 Å². The van der Waals surface area contributed by atoms with Crippen LogP contribution in [0.5, 0.6) is 0 Å². The van der Waals surface area contributed by atoms with Crippen LogP contribution in [0.1, 0.15) is 17.5 Å². The molecule has 0 radical (unpaired) electrons. The van der Waals surface area contributed by atoms with Crippen LogP contribution in [0.4, 0.5) is 13.2 Å². The van der Waals surface area contributed by atoms with Crippen molar-refractivity contribution in [2.24, 2.45) is 5.14 Å². The standard InChI is InChI=1S/C13H13F3N4O4S/c14-13(15,16)12-18-9-2-1-7(5-8(9)11(21)19-12)10-6-20(3-4-24-10)25(17,22)23/h1-2,5,10H,3-4,6H2,(H2,17,22,23)(H,18,19,21). The van der Waals surface area contributed by atoms with E-state index in [2.05, 4.69) is 4.98 Å². The van der Waals surface area contributed by atoms with E-state index in [1.165, 1.54) is 18.2 Å². The van der Waals surface area contributed by atoms with Gasteiger partial charge >= 0.3 is 6.18 Å². The molecule has 2 aromatic rings. The van der Waals surface area contributed by atoms with Gasteiger partial charge in [-0.2, -0.15) is 25.9 Å². The number of halogens is 3. The molecule has 1 aliphatic heterocycles. The number of nitrogens with zero attached hydrogens (tertiary/aromatic N) is 2. The molecule has 1 aromatic heterocycles. The summed E-state index contributed by atoms with van der Waals surface area (Å²) in [5, 5.41) is 5.04. The second kappa shape index (κ2) is 6.05. The number of hydrogen-bond acceptors (Lipinski definition) is 5. The van der Waals surface area contributed by atoms with Crippen LogP contribution in [0.25, 0.3) is 10.9 Å². The molecule has 2 heterocycles. The van der Waals surface area contributed by atoms with E-state index in [4.69, 9.17) is 9.88 Å². The number of ether oxygens (including phenoxy) is 1. The van der Waals surface area contributed by atoms with Crippen LogP contribution in [0.15, 0.2) is 23.0 Å². The molecule has 0 aliphatic carbocycles. The summed E-state index contributed by atoms with van der Waals surface area (Å²) in [6.45, 7) is 0.136. The highest BCUT2D eigenvalue weighted by molar-refractivity contribution is 7.86. The topological polar surface area (TPSA) is 118 Å². The lowest BCUT2D eigenvalue weighted by Crippen LogP contribution is -2.45. The Morgan fingerprint density at radius 2 is 2.08 bits per heavy atom. The van der Waals surface area contributed by atoms with Crippen molar-refractivity contribution in [1.29, 1.82) is 0 Å². The Bertz CT molecular complexity index is 973. The Labute approximate surface area is 139 Å². The highest BCUT2D eigenvalue weighted by Crippen LogP contribution is 2.28. The van der Waals surface area contributed by atoms with Gasteiger partial charge in [0.1, 0.15) is 0 Å². The fourth-order valence-corrected chi connectivity index (χ4v) is 3.22. The highest BCUT2D eigenvalue weighted by atomic mass is 32.2. The maximum absolute atomic E-state index is 12.7. The number of morpholine rings is 1. The third-order valence-corrected chi connectivity index (χ3v) is 4.81. The van der Waals surface area contributed by atoms with Crippen LogP contribution in [-0.4, -0.2) is 42.4 Å². The summed E-state index contributed by atoms with van der Waals surface area (Å²) in [6, 6.07) is 4.03. The first-order valence-corrected chi connectivity index (χ1v) is 8.56. The molecule has 1 aliphatic rings. The molecule has 0 spiro atoms. The molecule has 1 aromatic carbocycles. The lowest BCUT2D eigenvalue weighted by Gasteiger charge is -2.31. The van der Waals surface area contributed by atoms with Gasteiger partial charge < -0.3 is 9.72 Å². The van der Waals surface area contributed by atoms with Crippen LogP contribution < -0.4 is 10.7 Å². The molecule has 0 amide bonds. The molecule has 1 unspecified atom stereocenters. The van der Waals surface area contributed by atoms with Gasteiger partial charge in [0.05, 0.1) is 23.6 Å². The van der Waals surface area contributed by atoms with E-state index in [1.54, 1.807) is 4.98 Å². The second-order valence-electron chi connectivity index (χ2n) is 5.45. The molecular weight excluding hydrogens is 365 g/mol. The highest BCUT2D eigenvalue weighted by Gasteiger charge is 2.34. The van der Waals surface area contributed by atoms with E-state index in [0.717, 1.165) is 4.31 Å². The Morgan fingerprint density at radius 1 is 1.36 bits per heavy atom. The van der Waals surface area contributed by atoms with Gasteiger partial charge in [0.25, 0.3) is 15.8 Å². The number of nitrogens with two attached hydrogens (primary N) is 1. The van der Waals surface area contributed by atoms with E-state index in [1.807, 2.05) is 0 Å². The molecular formula is C13H13F3N4O4S. The number of rotatable bonds is 2. The average Bonchev–Trinajstić information content (AvgIpc) is 2.53. The van der Waals surface area contributed by atoms with Crippen molar-refractivity contribution in [2.45, 2.75) is 12.3 Å². The Balaban J connectivity index is 1.99. The quantitative estimate of drug-likeness (QED) is 0.790. The molecule has 12 heteroatoms. The van der Waals surface area contributed by atoms with E-state index >= 15 is 0 Å². The number of fused-ring (bicyclic) bond motifs is 1. The van der Waals surface area contributed by atoms with Crippen LogP contribution in [0.2, 0.25) is 0 Å². The van der Waals surface area contributed by atoms with Crippen molar-refractivity contribution in [3.63, 3.8) is 0 Å². The summed E-state index contributed by atoms with van der Waals surface area (Å²) in [7, 11) is -3.89. The Kier molecular flexibility index (Phi) is 4.31. The zero-order chi connectivity index (χ0) is 18.4. The van der Waals surface area contributed by atoms with E-state index in [9.17, 15) is 26.4 Å². The fraction of sp³-hybridized carbons (Fsp3) is 0.385. The van der Waals surface area contributed by atoms with Gasteiger partial charge in [0, 0.05) is 13.1 Å². The molecule has 0 saturated carbocycles. The SMILES string of the molecule is NS(=O)(=O)N1CCOC(c2ccc3nc(C(F)(F)F)[nH]c(=O)c3c2)C1. The first-order valence-electron chi connectivity index (χ1n) is 7.06. The van der Waals surface area contributed by atoms with Crippen molar-refractivity contribution in [2.75, 3.05) is 19.7 Å². The molecule has 1 atom stereocenters. The first kappa shape index (κ1) is 17.8. The lowest BCUT2D eigenvalue weighted by molar-refractivity contribution is -0.144. The predicted octanol–water partition coefficient (Wildman–Crippen LogP) is 0.519. The van der Waals surface area contributed by atoms with Gasteiger partial charge in [0.2, 0.25) is 5.82 Å². The summed E-state index contributed by atoms with van der Waals surface area (Å²) >= 11 is 0. The van der Waals surface area contributed by atoms with Gasteiger partial charge in [-0.25, -0.2) is 10.1 Å². The summed E-state index contributed by atoms with van der Waals surface area (Å²) in [5.41, 5.74) is -0.634. The van der Waals surface area contributed by atoms with E-state index < -0.39 is 33.9 Å². The van der Waals surface area contributed by atoms with E-state index in [0.29, 0.717) is 5.56 Å². The largest absolute Gasteiger partial charge is 0.449 e. The number of alkyl halides is 3. The van der Waals surface area contributed by atoms with Crippen molar-refractivity contribution in [3.05, 3.63) is 39.9 Å². The van der Waals surface area contributed by atoms with Crippen molar-refractivity contribution in [1.82, 2.24) is 14.3 Å². The first-order chi connectivity index (χ1) is 11.6. The minimum atomic E-state index is -4.77. The van der Waals surface area contributed by atoms with Crippen molar-refractivity contribution >= 4 is 21.1 Å². The number of aromatic amines is 1. The van der Waals surface area contributed by atoms with Gasteiger partial charge in [0.15, 0.2) is 0 Å². The minimum Gasteiger partial charge on any atom is -0.371 e.